The molecule has 0 saturated carbocycles. The number of phenolic OH excluding ortho intramolecular Hbond substituents is 1. The Labute approximate surface area is 261 Å². The average molecular weight is 949 g/mol. The van der Waals surface area contributed by atoms with Crippen LogP contribution in [0.15, 0.2) is 24.3 Å². The maximum Gasteiger partial charge on any atom is 0.323 e. The molecule has 0 heterocycles. The number of phenols is 1. The number of ether oxygens (including phenoxy) is 2. The van der Waals surface area contributed by atoms with Gasteiger partial charge in [0, 0.05) is 0 Å². The van der Waals surface area contributed by atoms with E-state index in [4.69, 9.17) is 15.2 Å². The summed E-state index contributed by atoms with van der Waals surface area (Å²) in [6, 6.07) is 7.27. The predicted molar refractivity (Wildman–Crippen MR) is 170 cm³/mol. The second kappa shape index (κ2) is 17.4. The van der Waals surface area contributed by atoms with Gasteiger partial charge < -0.3 is 25.6 Å². The molecule has 0 aliphatic heterocycles. The van der Waals surface area contributed by atoms with Crippen LogP contribution in [0.1, 0.15) is 25.3 Å². The zero-order valence-corrected chi connectivity index (χ0v) is 28.0. The SMILES string of the molecule is CCOC(=O)C(Cc1cc(I)c(Oc2cc(I)c(O)c(I)c2)c(I)c1)NCCCCN.Cl.Cl. The maximum atomic E-state index is 12.4. The number of benzene rings is 2. The highest BCUT2D eigenvalue weighted by Crippen LogP contribution is 2.37. The number of hydrogen-bond acceptors (Lipinski definition) is 6. The summed E-state index contributed by atoms with van der Waals surface area (Å²) in [5.41, 5.74) is 6.58. The first-order valence-corrected chi connectivity index (χ1v) is 14.0. The van der Waals surface area contributed by atoms with E-state index in [2.05, 4.69) is 95.7 Å². The van der Waals surface area contributed by atoms with Crippen molar-refractivity contribution in [2.45, 2.75) is 32.2 Å². The van der Waals surface area contributed by atoms with Crippen molar-refractivity contribution in [3.63, 3.8) is 0 Å². The number of carbonyl (C=O) groups excluding carboxylic acids is 1. The third-order valence-electron chi connectivity index (χ3n) is 4.30. The van der Waals surface area contributed by atoms with Crippen molar-refractivity contribution in [2.75, 3.05) is 19.7 Å². The molecule has 1 atom stereocenters. The molecule has 2 aromatic carbocycles. The maximum absolute atomic E-state index is 12.4. The first kappa shape index (κ1) is 33.9. The molecule has 0 saturated heterocycles. The Morgan fingerprint density at radius 2 is 1.61 bits per heavy atom. The number of esters is 1. The molecule has 0 aliphatic carbocycles. The molecule has 12 heteroatoms. The summed E-state index contributed by atoms with van der Waals surface area (Å²) < 4.78 is 14.8. The van der Waals surface area contributed by atoms with E-state index in [1.165, 1.54) is 0 Å². The zero-order chi connectivity index (χ0) is 23.0. The van der Waals surface area contributed by atoms with Gasteiger partial charge in [-0.15, -0.1) is 24.8 Å². The van der Waals surface area contributed by atoms with Gasteiger partial charge in [0.1, 0.15) is 17.5 Å². The number of aromatic hydroxyl groups is 1. The van der Waals surface area contributed by atoms with Crippen LogP contribution in [0.3, 0.4) is 0 Å². The van der Waals surface area contributed by atoms with Crippen LogP contribution in [0.5, 0.6) is 17.2 Å². The van der Waals surface area contributed by atoms with Gasteiger partial charge >= 0.3 is 5.97 Å². The molecule has 0 radical (unpaired) electrons. The second-order valence-electron chi connectivity index (χ2n) is 6.68. The number of nitrogens with one attached hydrogen (secondary N) is 1. The lowest BCUT2D eigenvalue weighted by atomic mass is 10.1. The lowest BCUT2D eigenvalue weighted by molar-refractivity contribution is -0.145. The summed E-state index contributed by atoms with van der Waals surface area (Å²) in [5.74, 6) is 1.44. The normalized spacial score (nSPS) is 11.2. The molecule has 0 bridgehead atoms. The van der Waals surface area contributed by atoms with E-state index in [1.807, 2.05) is 19.1 Å². The molecule has 33 heavy (non-hydrogen) atoms. The number of carbonyl (C=O) groups is 1. The Morgan fingerprint density at radius 1 is 1.03 bits per heavy atom. The van der Waals surface area contributed by atoms with Crippen molar-refractivity contribution in [3.05, 3.63) is 44.1 Å². The summed E-state index contributed by atoms with van der Waals surface area (Å²) >= 11 is 8.67. The Bertz CT molecular complexity index is 876. The lowest BCUT2D eigenvalue weighted by Gasteiger charge is -2.19. The number of nitrogens with two attached hydrogens (primary N) is 1. The monoisotopic (exact) mass is 948 g/mol. The minimum absolute atomic E-state index is 0. The number of unbranched alkanes of at least 4 members (excludes halogenated alkanes) is 1. The van der Waals surface area contributed by atoms with Crippen molar-refractivity contribution in [1.82, 2.24) is 5.32 Å². The van der Waals surface area contributed by atoms with E-state index in [0.717, 1.165) is 38.4 Å². The van der Waals surface area contributed by atoms with Crippen LogP contribution in [-0.4, -0.2) is 36.8 Å². The van der Waals surface area contributed by atoms with Crippen LogP contribution in [0.2, 0.25) is 0 Å². The Morgan fingerprint density at radius 3 is 2.12 bits per heavy atom. The van der Waals surface area contributed by atoms with Crippen molar-refractivity contribution >= 4 is 121 Å². The van der Waals surface area contributed by atoms with Gasteiger partial charge in [0.15, 0.2) is 5.75 Å². The van der Waals surface area contributed by atoms with Gasteiger partial charge in [-0.05, 0) is 159 Å². The molecule has 0 fully saturated rings. The van der Waals surface area contributed by atoms with E-state index in [9.17, 15) is 9.90 Å². The topological polar surface area (TPSA) is 93.8 Å². The highest BCUT2D eigenvalue weighted by Gasteiger charge is 2.21. The van der Waals surface area contributed by atoms with Gasteiger partial charge in [-0.1, -0.05) is 0 Å². The van der Waals surface area contributed by atoms with Gasteiger partial charge in [0.2, 0.25) is 0 Å². The fraction of sp³-hybridized carbons (Fsp3) is 0.381. The van der Waals surface area contributed by atoms with Crippen molar-refractivity contribution in [1.29, 1.82) is 0 Å². The standard InChI is InChI=1S/C21H24I4N2O4.2ClH/c1-2-30-21(29)18(27-6-4-3-5-26)9-12-7-16(24)20(17(25)8-12)31-13-10-14(22)19(28)15(23)11-13;;/h7-8,10-11,18,27-28H,2-6,9,26H2,1H3;2*1H. The van der Waals surface area contributed by atoms with Crippen LogP contribution < -0.4 is 15.8 Å². The van der Waals surface area contributed by atoms with Crippen LogP contribution >= 0.6 is 115 Å². The smallest absolute Gasteiger partial charge is 0.323 e. The second-order valence-corrected chi connectivity index (χ2v) is 11.3. The summed E-state index contributed by atoms with van der Waals surface area (Å²) in [6.07, 6.45) is 2.36. The highest BCUT2D eigenvalue weighted by atomic mass is 127. The molecular weight excluding hydrogens is 923 g/mol. The molecule has 0 aliphatic rings. The fourth-order valence-electron chi connectivity index (χ4n) is 2.81. The third-order valence-corrected chi connectivity index (χ3v) is 7.55. The van der Waals surface area contributed by atoms with Gasteiger partial charge in [-0.2, -0.15) is 0 Å². The van der Waals surface area contributed by atoms with Crippen LogP contribution in [0.25, 0.3) is 0 Å². The molecule has 0 aromatic heterocycles. The molecule has 6 nitrogen and oxygen atoms in total. The minimum atomic E-state index is -0.406. The molecule has 0 spiro atoms. The lowest BCUT2D eigenvalue weighted by Crippen LogP contribution is -2.40. The fourth-order valence-corrected chi connectivity index (χ4v) is 6.64. The van der Waals surface area contributed by atoms with Crippen molar-refractivity contribution < 1.29 is 19.4 Å². The summed E-state index contributed by atoms with van der Waals surface area (Å²) in [7, 11) is 0. The van der Waals surface area contributed by atoms with Crippen molar-refractivity contribution in [3.8, 4) is 17.2 Å². The number of halogens is 6. The third kappa shape index (κ3) is 10.8. The van der Waals surface area contributed by atoms with E-state index in [-0.39, 0.29) is 36.5 Å². The van der Waals surface area contributed by atoms with Crippen LogP contribution in [0.4, 0.5) is 0 Å². The Hall–Kier alpha value is 0.930. The largest absolute Gasteiger partial charge is 0.506 e. The number of hydrogen-bond donors (Lipinski definition) is 3. The van der Waals surface area contributed by atoms with E-state index >= 15 is 0 Å². The minimum Gasteiger partial charge on any atom is -0.506 e. The molecule has 1 unspecified atom stereocenters. The molecule has 4 N–H and O–H groups in total. The van der Waals surface area contributed by atoms with Crippen molar-refractivity contribution in [2.24, 2.45) is 5.73 Å². The molecule has 0 amide bonds. The van der Waals surface area contributed by atoms with E-state index < -0.39 is 6.04 Å². The number of rotatable bonds is 11. The van der Waals surface area contributed by atoms with Gasteiger partial charge in [0.25, 0.3) is 0 Å². The molecule has 2 aromatic rings. The first-order chi connectivity index (χ1) is 14.8. The summed E-state index contributed by atoms with van der Waals surface area (Å²) in [4.78, 5) is 12.4. The molecular formula is C21H26Cl2I4N2O4. The quantitative estimate of drug-likeness (QED) is 0.140. The highest BCUT2D eigenvalue weighted by molar-refractivity contribution is 14.1. The summed E-state index contributed by atoms with van der Waals surface area (Å²) in [6.45, 7) is 3.52. The zero-order valence-electron chi connectivity index (χ0n) is 17.7. The van der Waals surface area contributed by atoms with Crippen LogP contribution in [-0.2, 0) is 16.0 Å². The molecule has 2 rings (SSSR count). The molecule has 186 valence electrons. The van der Waals surface area contributed by atoms with Crippen LogP contribution in [0, 0.1) is 14.3 Å². The van der Waals surface area contributed by atoms with E-state index in [1.54, 1.807) is 12.1 Å². The van der Waals surface area contributed by atoms with Gasteiger partial charge in [0.05, 0.1) is 20.9 Å². The van der Waals surface area contributed by atoms with Gasteiger partial charge in [-0.3, -0.25) is 4.79 Å². The predicted octanol–water partition coefficient (Wildman–Crippen LogP) is 6.25. The Kier molecular flexibility index (Phi) is 17.9. The first-order valence-electron chi connectivity index (χ1n) is 9.70. The Balaban J connectivity index is 0.00000512. The van der Waals surface area contributed by atoms with E-state index in [0.29, 0.717) is 31.9 Å². The van der Waals surface area contributed by atoms with Gasteiger partial charge in [-0.25, -0.2) is 0 Å². The summed E-state index contributed by atoms with van der Waals surface area (Å²) in [5, 5.41) is 13.3. The average Bonchev–Trinajstić information content (AvgIpc) is 2.71.